The van der Waals surface area contributed by atoms with Crippen LogP contribution >= 0.6 is 0 Å². The minimum atomic E-state index is 0.128. The SMILES string of the molecule is CN(C)C(C)(C)CNc1nccn1C1CCCCC1. The number of nitrogens with one attached hydrogen (secondary N) is 1. The number of anilines is 1. The summed E-state index contributed by atoms with van der Waals surface area (Å²) in [5.74, 6) is 1.03. The van der Waals surface area contributed by atoms with Gasteiger partial charge in [0.2, 0.25) is 5.95 Å². The van der Waals surface area contributed by atoms with Gasteiger partial charge in [-0.2, -0.15) is 0 Å². The van der Waals surface area contributed by atoms with E-state index in [1.54, 1.807) is 0 Å². The van der Waals surface area contributed by atoms with E-state index in [2.05, 4.69) is 53.9 Å². The zero-order valence-corrected chi connectivity index (χ0v) is 12.8. The lowest BCUT2D eigenvalue weighted by Gasteiger charge is -2.33. The normalized spacial score (nSPS) is 17.9. The van der Waals surface area contributed by atoms with Gasteiger partial charge in [-0.1, -0.05) is 19.3 Å². The van der Waals surface area contributed by atoms with Crippen LogP contribution in [0.1, 0.15) is 52.0 Å². The van der Waals surface area contributed by atoms with Crippen LogP contribution < -0.4 is 5.32 Å². The van der Waals surface area contributed by atoms with Gasteiger partial charge in [0.05, 0.1) is 0 Å². The summed E-state index contributed by atoms with van der Waals surface area (Å²) in [6.07, 6.45) is 10.7. The van der Waals surface area contributed by atoms with Gasteiger partial charge in [0.15, 0.2) is 0 Å². The molecule has 0 saturated heterocycles. The summed E-state index contributed by atoms with van der Waals surface area (Å²) >= 11 is 0. The second-order valence-corrected chi connectivity index (χ2v) is 6.51. The molecule has 0 amide bonds. The van der Waals surface area contributed by atoms with Crippen molar-refractivity contribution in [2.45, 2.75) is 57.5 Å². The van der Waals surface area contributed by atoms with Gasteiger partial charge in [-0.15, -0.1) is 0 Å². The van der Waals surface area contributed by atoms with E-state index in [-0.39, 0.29) is 5.54 Å². The van der Waals surface area contributed by atoms with Gasteiger partial charge < -0.3 is 14.8 Å². The Balaban J connectivity index is 1.99. The fraction of sp³-hybridized carbons (Fsp3) is 0.800. The van der Waals surface area contributed by atoms with Crippen molar-refractivity contribution in [3.05, 3.63) is 12.4 Å². The Labute approximate surface area is 117 Å². The van der Waals surface area contributed by atoms with Crippen molar-refractivity contribution in [1.29, 1.82) is 0 Å². The predicted octanol–water partition coefficient (Wildman–Crippen LogP) is 3.14. The van der Waals surface area contributed by atoms with Crippen LogP contribution in [0.5, 0.6) is 0 Å². The Morgan fingerprint density at radius 1 is 1.32 bits per heavy atom. The number of hydrogen-bond acceptors (Lipinski definition) is 3. The highest BCUT2D eigenvalue weighted by Crippen LogP contribution is 2.30. The zero-order valence-electron chi connectivity index (χ0n) is 12.8. The summed E-state index contributed by atoms with van der Waals surface area (Å²) in [6.45, 7) is 5.39. The highest BCUT2D eigenvalue weighted by molar-refractivity contribution is 5.27. The highest BCUT2D eigenvalue weighted by Gasteiger charge is 2.22. The van der Waals surface area contributed by atoms with E-state index in [0.717, 1.165) is 12.5 Å². The maximum absolute atomic E-state index is 4.49. The average molecular weight is 264 g/mol. The molecule has 0 unspecified atom stereocenters. The number of likely N-dealkylation sites (N-methyl/N-ethyl adjacent to an activating group) is 1. The molecule has 4 nitrogen and oxygen atoms in total. The lowest BCUT2D eigenvalue weighted by molar-refractivity contribution is 0.209. The first kappa shape index (κ1) is 14.4. The fourth-order valence-corrected chi connectivity index (χ4v) is 2.56. The van der Waals surface area contributed by atoms with Gasteiger partial charge >= 0.3 is 0 Å². The average Bonchev–Trinajstić information content (AvgIpc) is 2.85. The third-order valence-electron chi connectivity index (χ3n) is 4.53. The number of rotatable bonds is 5. The molecule has 0 atom stereocenters. The maximum Gasteiger partial charge on any atom is 0.203 e. The fourth-order valence-electron chi connectivity index (χ4n) is 2.56. The summed E-state index contributed by atoms with van der Waals surface area (Å²) < 4.78 is 2.34. The van der Waals surface area contributed by atoms with Crippen molar-refractivity contribution in [2.75, 3.05) is 26.0 Å². The molecule has 2 rings (SSSR count). The Morgan fingerprint density at radius 3 is 2.63 bits per heavy atom. The molecule has 19 heavy (non-hydrogen) atoms. The molecule has 4 heteroatoms. The molecule has 1 heterocycles. The Bertz CT molecular complexity index is 389. The zero-order chi connectivity index (χ0) is 13.9. The number of imidazole rings is 1. The molecule has 0 spiro atoms. The highest BCUT2D eigenvalue weighted by atomic mass is 15.2. The summed E-state index contributed by atoms with van der Waals surface area (Å²) in [6, 6.07) is 0.640. The molecule has 1 aromatic heterocycles. The van der Waals surface area contributed by atoms with Gasteiger partial charge in [-0.25, -0.2) is 4.98 Å². The summed E-state index contributed by atoms with van der Waals surface area (Å²) in [5.41, 5.74) is 0.128. The second kappa shape index (κ2) is 5.95. The smallest absolute Gasteiger partial charge is 0.203 e. The van der Waals surface area contributed by atoms with E-state index in [9.17, 15) is 0 Å². The molecule has 108 valence electrons. The molecule has 1 N–H and O–H groups in total. The molecule has 1 aliphatic rings. The van der Waals surface area contributed by atoms with Crippen LogP contribution in [-0.4, -0.2) is 40.6 Å². The maximum atomic E-state index is 4.49. The molecule has 1 aliphatic carbocycles. The lowest BCUT2D eigenvalue weighted by Crippen LogP contribution is -2.44. The van der Waals surface area contributed by atoms with E-state index in [1.165, 1.54) is 32.1 Å². The monoisotopic (exact) mass is 264 g/mol. The molecule has 1 fully saturated rings. The van der Waals surface area contributed by atoms with Crippen molar-refractivity contribution in [3.63, 3.8) is 0 Å². The summed E-state index contributed by atoms with van der Waals surface area (Å²) in [4.78, 5) is 6.73. The van der Waals surface area contributed by atoms with Crippen LogP contribution in [0.4, 0.5) is 5.95 Å². The molecule has 0 aromatic carbocycles. The van der Waals surface area contributed by atoms with Crippen LogP contribution in [-0.2, 0) is 0 Å². The molecule has 1 saturated carbocycles. The van der Waals surface area contributed by atoms with E-state index in [4.69, 9.17) is 0 Å². The number of hydrogen-bond donors (Lipinski definition) is 1. The standard InChI is InChI=1S/C15H28N4/c1-15(2,18(3)4)12-17-14-16-10-11-19(14)13-8-6-5-7-9-13/h10-11,13H,5-9,12H2,1-4H3,(H,16,17). The van der Waals surface area contributed by atoms with Crippen LogP contribution in [0.2, 0.25) is 0 Å². The van der Waals surface area contributed by atoms with Gasteiger partial charge in [-0.05, 0) is 40.8 Å². The molecular weight excluding hydrogens is 236 g/mol. The first-order valence-electron chi connectivity index (χ1n) is 7.45. The second-order valence-electron chi connectivity index (χ2n) is 6.51. The third kappa shape index (κ3) is 3.50. The van der Waals surface area contributed by atoms with Crippen LogP contribution in [0.25, 0.3) is 0 Å². The lowest BCUT2D eigenvalue weighted by atomic mass is 9.95. The molecule has 0 bridgehead atoms. The van der Waals surface area contributed by atoms with E-state index < -0.39 is 0 Å². The van der Waals surface area contributed by atoms with Crippen LogP contribution in [0.3, 0.4) is 0 Å². The first-order valence-corrected chi connectivity index (χ1v) is 7.45. The minimum Gasteiger partial charge on any atom is -0.354 e. The third-order valence-corrected chi connectivity index (χ3v) is 4.53. The van der Waals surface area contributed by atoms with Crippen LogP contribution in [0, 0.1) is 0 Å². The van der Waals surface area contributed by atoms with Gasteiger partial charge in [0.25, 0.3) is 0 Å². The van der Waals surface area contributed by atoms with E-state index in [0.29, 0.717) is 6.04 Å². The largest absolute Gasteiger partial charge is 0.354 e. The Hall–Kier alpha value is -1.03. The van der Waals surface area contributed by atoms with Crippen LogP contribution in [0.15, 0.2) is 12.4 Å². The minimum absolute atomic E-state index is 0.128. The Morgan fingerprint density at radius 2 is 2.00 bits per heavy atom. The van der Waals surface area contributed by atoms with Crippen molar-refractivity contribution in [3.8, 4) is 0 Å². The summed E-state index contributed by atoms with van der Waals surface area (Å²) in [7, 11) is 4.24. The molecule has 0 aliphatic heterocycles. The molecular formula is C15H28N4. The van der Waals surface area contributed by atoms with Crippen molar-refractivity contribution in [2.24, 2.45) is 0 Å². The summed E-state index contributed by atoms with van der Waals surface area (Å²) in [5, 5.41) is 3.52. The predicted molar refractivity (Wildman–Crippen MR) is 80.6 cm³/mol. The number of nitrogens with zero attached hydrogens (tertiary/aromatic N) is 3. The molecule has 1 aromatic rings. The van der Waals surface area contributed by atoms with Gasteiger partial charge in [0.1, 0.15) is 0 Å². The van der Waals surface area contributed by atoms with Gasteiger partial charge in [0, 0.05) is 30.5 Å². The quantitative estimate of drug-likeness (QED) is 0.887. The van der Waals surface area contributed by atoms with Crippen molar-refractivity contribution >= 4 is 5.95 Å². The van der Waals surface area contributed by atoms with Crippen molar-refractivity contribution in [1.82, 2.24) is 14.5 Å². The van der Waals surface area contributed by atoms with Crippen molar-refractivity contribution < 1.29 is 0 Å². The Kier molecular flexibility index (Phi) is 4.50. The first-order chi connectivity index (χ1) is 9.00. The molecule has 0 radical (unpaired) electrons. The topological polar surface area (TPSA) is 33.1 Å². The van der Waals surface area contributed by atoms with E-state index in [1.807, 2.05) is 6.20 Å². The number of aromatic nitrogens is 2. The van der Waals surface area contributed by atoms with Gasteiger partial charge in [-0.3, -0.25) is 0 Å². The van der Waals surface area contributed by atoms with E-state index >= 15 is 0 Å².